The number of furan rings is 1. The van der Waals surface area contributed by atoms with Gasteiger partial charge in [0.25, 0.3) is 0 Å². The Labute approximate surface area is 314 Å². The lowest BCUT2D eigenvalue weighted by molar-refractivity contribution is 0.669. The number of aromatic nitrogens is 3. The maximum atomic E-state index is 6.17. The minimum Gasteiger partial charge on any atom is -0.456 e. The summed E-state index contributed by atoms with van der Waals surface area (Å²) in [6, 6.07) is 61.5. The van der Waals surface area contributed by atoms with Crippen molar-refractivity contribution in [1.82, 2.24) is 15.0 Å². The van der Waals surface area contributed by atoms with Gasteiger partial charge in [0, 0.05) is 47.6 Å². The Morgan fingerprint density at radius 1 is 0.352 bits per heavy atom. The van der Waals surface area contributed by atoms with Gasteiger partial charge in [-0.2, -0.15) is 0 Å². The van der Waals surface area contributed by atoms with Crippen LogP contribution in [0.15, 0.2) is 180 Å². The maximum absolute atomic E-state index is 6.17. The summed E-state index contributed by atoms with van der Waals surface area (Å²) in [6.07, 6.45) is 0. The number of hydrogen-bond donors (Lipinski definition) is 0. The second-order valence-corrected chi connectivity index (χ2v) is 14.7. The highest BCUT2D eigenvalue weighted by atomic mass is 32.1. The van der Waals surface area contributed by atoms with Crippen LogP contribution in [0, 0.1) is 0 Å². The van der Waals surface area contributed by atoms with Crippen molar-refractivity contribution in [3.05, 3.63) is 176 Å². The summed E-state index contributed by atoms with van der Waals surface area (Å²) in [6.45, 7) is 0. The Morgan fingerprint density at radius 3 is 1.70 bits per heavy atom. The molecule has 0 fully saturated rings. The van der Waals surface area contributed by atoms with E-state index in [2.05, 4.69) is 121 Å². The molecule has 0 aliphatic carbocycles. The van der Waals surface area contributed by atoms with Gasteiger partial charge in [-0.05, 0) is 57.3 Å². The molecule has 252 valence electrons. The zero-order valence-corrected chi connectivity index (χ0v) is 29.7. The van der Waals surface area contributed by atoms with E-state index < -0.39 is 0 Å². The molecule has 3 aromatic heterocycles. The van der Waals surface area contributed by atoms with Crippen LogP contribution in [-0.2, 0) is 0 Å². The third-order valence-corrected chi connectivity index (χ3v) is 11.5. The van der Waals surface area contributed by atoms with Crippen molar-refractivity contribution in [1.29, 1.82) is 0 Å². The molecule has 0 aliphatic heterocycles. The fourth-order valence-corrected chi connectivity index (χ4v) is 8.86. The van der Waals surface area contributed by atoms with Crippen LogP contribution in [0.5, 0.6) is 0 Å². The van der Waals surface area contributed by atoms with Crippen LogP contribution >= 0.6 is 11.3 Å². The van der Waals surface area contributed by atoms with Gasteiger partial charge in [0.1, 0.15) is 11.2 Å². The molecule has 0 saturated heterocycles. The van der Waals surface area contributed by atoms with Crippen LogP contribution in [-0.4, -0.2) is 15.0 Å². The molecule has 0 bridgehead atoms. The van der Waals surface area contributed by atoms with Crippen LogP contribution in [0.25, 0.3) is 109 Å². The Bertz CT molecular complexity index is 3200. The summed E-state index contributed by atoms with van der Waals surface area (Å²) in [5.74, 6) is 1.90. The quantitative estimate of drug-likeness (QED) is 0.179. The van der Waals surface area contributed by atoms with Crippen molar-refractivity contribution in [2.45, 2.75) is 0 Å². The Kier molecular flexibility index (Phi) is 7.00. The van der Waals surface area contributed by atoms with E-state index in [0.29, 0.717) is 17.5 Å². The van der Waals surface area contributed by atoms with Gasteiger partial charge < -0.3 is 4.42 Å². The number of rotatable bonds is 5. The van der Waals surface area contributed by atoms with Gasteiger partial charge in [-0.1, -0.05) is 152 Å². The van der Waals surface area contributed by atoms with E-state index in [-0.39, 0.29) is 0 Å². The molecule has 0 unspecified atom stereocenters. The predicted octanol–water partition coefficient (Wildman–Crippen LogP) is 13.6. The smallest absolute Gasteiger partial charge is 0.164 e. The number of nitrogens with zero attached hydrogens (tertiary/aromatic N) is 3. The molecule has 11 aromatic rings. The van der Waals surface area contributed by atoms with Crippen LogP contribution in [0.1, 0.15) is 0 Å². The van der Waals surface area contributed by atoms with Gasteiger partial charge in [-0.25, -0.2) is 15.0 Å². The van der Waals surface area contributed by atoms with Crippen LogP contribution < -0.4 is 0 Å². The Balaban J connectivity index is 0.961. The Hall–Kier alpha value is -6.95. The molecule has 0 aliphatic rings. The average molecular weight is 708 g/mol. The first kappa shape index (κ1) is 30.7. The van der Waals surface area contributed by atoms with E-state index in [1.54, 1.807) is 0 Å². The number of benzene rings is 8. The minimum atomic E-state index is 0.629. The molecular weight excluding hydrogens is 679 g/mol. The fourth-order valence-electron chi connectivity index (χ4n) is 7.70. The standard InChI is InChI=1S/C49H29N3OS/c1-2-10-33(11-3-1)47-50-48(52-49(51-47)35-23-19-32(20-24-35)37-14-8-16-42-45(37)39-13-6-7-15-41(39)53-42)34-21-17-30(18-22-34)36-25-27-40-44(29-36)54-43-28-26-31-9-4-5-12-38(31)46(40)43/h1-29H. The van der Waals surface area contributed by atoms with Crippen LogP contribution in [0.3, 0.4) is 0 Å². The highest BCUT2D eigenvalue weighted by Gasteiger charge is 2.16. The van der Waals surface area contributed by atoms with Crippen LogP contribution in [0.4, 0.5) is 0 Å². The third-order valence-electron chi connectivity index (χ3n) is 10.4. The summed E-state index contributed by atoms with van der Waals surface area (Å²) in [4.78, 5) is 15.0. The summed E-state index contributed by atoms with van der Waals surface area (Å²) in [7, 11) is 0. The number of hydrogen-bond acceptors (Lipinski definition) is 5. The van der Waals surface area contributed by atoms with Gasteiger partial charge in [-0.3, -0.25) is 0 Å². The predicted molar refractivity (Wildman–Crippen MR) is 225 cm³/mol. The van der Waals surface area contributed by atoms with E-state index in [1.165, 1.54) is 36.5 Å². The molecule has 0 atom stereocenters. The number of para-hydroxylation sites is 1. The molecule has 0 amide bonds. The van der Waals surface area contributed by atoms with E-state index in [0.717, 1.165) is 55.3 Å². The third kappa shape index (κ3) is 5.09. The first-order chi connectivity index (χ1) is 26.7. The molecule has 0 spiro atoms. The largest absolute Gasteiger partial charge is 0.456 e. The first-order valence-corrected chi connectivity index (χ1v) is 18.8. The Morgan fingerprint density at radius 2 is 0.944 bits per heavy atom. The lowest BCUT2D eigenvalue weighted by Gasteiger charge is -2.10. The highest BCUT2D eigenvalue weighted by molar-refractivity contribution is 7.26. The van der Waals surface area contributed by atoms with Gasteiger partial charge >= 0.3 is 0 Å². The van der Waals surface area contributed by atoms with Crippen molar-refractivity contribution in [3.63, 3.8) is 0 Å². The van der Waals surface area contributed by atoms with Gasteiger partial charge in [0.2, 0.25) is 0 Å². The SMILES string of the molecule is c1ccc(-c2nc(-c3ccc(-c4ccc5c(c4)sc4ccc6ccccc6c45)cc3)nc(-c3ccc(-c4cccc5oc6ccccc6c45)cc3)n2)cc1. The van der Waals surface area contributed by atoms with E-state index in [1.807, 2.05) is 65.9 Å². The molecule has 5 heteroatoms. The van der Waals surface area contributed by atoms with Gasteiger partial charge in [0.05, 0.1) is 0 Å². The molecule has 11 rings (SSSR count). The van der Waals surface area contributed by atoms with E-state index in [4.69, 9.17) is 19.4 Å². The summed E-state index contributed by atoms with van der Waals surface area (Å²) in [5.41, 5.74) is 9.14. The normalized spacial score (nSPS) is 11.7. The molecular formula is C49H29N3OS. The summed E-state index contributed by atoms with van der Waals surface area (Å²) < 4.78 is 8.77. The van der Waals surface area contributed by atoms with Crippen molar-refractivity contribution < 1.29 is 4.42 Å². The monoisotopic (exact) mass is 707 g/mol. The summed E-state index contributed by atoms with van der Waals surface area (Å²) in [5, 5.41) is 7.46. The molecule has 4 nitrogen and oxygen atoms in total. The van der Waals surface area contributed by atoms with Crippen molar-refractivity contribution in [3.8, 4) is 56.4 Å². The lowest BCUT2D eigenvalue weighted by Crippen LogP contribution is -2.00. The summed E-state index contributed by atoms with van der Waals surface area (Å²) >= 11 is 1.85. The molecule has 8 aromatic carbocycles. The van der Waals surface area contributed by atoms with Crippen molar-refractivity contribution in [2.24, 2.45) is 0 Å². The molecule has 0 saturated carbocycles. The number of thiophene rings is 1. The molecule has 54 heavy (non-hydrogen) atoms. The zero-order valence-electron chi connectivity index (χ0n) is 28.9. The topological polar surface area (TPSA) is 51.8 Å². The first-order valence-electron chi connectivity index (χ1n) is 18.0. The second-order valence-electron chi connectivity index (χ2n) is 13.6. The lowest BCUT2D eigenvalue weighted by atomic mass is 9.98. The molecule has 0 N–H and O–H groups in total. The molecule has 0 radical (unpaired) electrons. The number of fused-ring (bicyclic) bond motifs is 8. The highest BCUT2D eigenvalue weighted by Crippen LogP contribution is 2.41. The second kappa shape index (κ2) is 12.3. The van der Waals surface area contributed by atoms with Gasteiger partial charge in [0.15, 0.2) is 17.5 Å². The van der Waals surface area contributed by atoms with E-state index in [9.17, 15) is 0 Å². The zero-order chi connectivity index (χ0) is 35.6. The minimum absolute atomic E-state index is 0.629. The van der Waals surface area contributed by atoms with Crippen molar-refractivity contribution >= 4 is 64.2 Å². The van der Waals surface area contributed by atoms with Crippen LogP contribution in [0.2, 0.25) is 0 Å². The molecule has 3 heterocycles. The van der Waals surface area contributed by atoms with Gasteiger partial charge in [-0.15, -0.1) is 11.3 Å². The van der Waals surface area contributed by atoms with E-state index >= 15 is 0 Å². The maximum Gasteiger partial charge on any atom is 0.164 e. The van der Waals surface area contributed by atoms with Crippen molar-refractivity contribution in [2.75, 3.05) is 0 Å². The average Bonchev–Trinajstić information content (AvgIpc) is 3.82. The fraction of sp³-hybridized carbons (Fsp3) is 0.